The van der Waals surface area contributed by atoms with Crippen LogP contribution in [-0.4, -0.2) is 31.7 Å². The van der Waals surface area contributed by atoms with Crippen LogP contribution in [0.4, 0.5) is 5.69 Å². The average Bonchev–Trinajstić information content (AvgIpc) is 2.68. The number of anilines is 1. The van der Waals surface area contributed by atoms with Crippen LogP contribution in [0.5, 0.6) is 5.75 Å². The SMILES string of the molecule is COC1(C(=O)Nc2cccc(OCc3ccc(Cl)cc3)c2)CCNCC1. The third-order valence-corrected chi connectivity index (χ3v) is 4.88. The molecule has 1 amide bonds. The topological polar surface area (TPSA) is 59.6 Å². The Morgan fingerprint density at radius 2 is 1.92 bits per heavy atom. The summed E-state index contributed by atoms with van der Waals surface area (Å²) in [6.07, 6.45) is 1.31. The Kier molecular flexibility index (Phi) is 6.14. The molecule has 0 saturated carbocycles. The molecule has 138 valence electrons. The number of hydrogen-bond acceptors (Lipinski definition) is 4. The summed E-state index contributed by atoms with van der Waals surface area (Å²) in [5.74, 6) is 0.575. The van der Waals surface area contributed by atoms with Crippen molar-refractivity contribution in [1.82, 2.24) is 5.32 Å². The average molecular weight is 375 g/mol. The van der Waals surface area contributed by atoms with E-state index in [9.17, 15) is 4.79 Å². The van der Waals surface area contributed by atoms with Gasteiger partial charge in [-0.3, -0.25) is 4.79 Å². The van der Waals surface area contributed by atoms with Gasteiger partial charge < -0.3 is 20.1 Å². The number of rotatable bonds is 6. The Labute approximate surface area is 158 Å². The lowest BCUT2D eigenvalue weighted by molar-refractivity contribution is -0.140. The molecular formula is C20H23ClN2O3. The van der Waals surface area contributed by atoms with Gasteiger partial charge in [-0.15, -0.1) is 0 Å². The van der Waals surface area contributed by atoms with Gasteiger partial charge in [-0.05, 0) is 55.8 Å². The Hall–Kier alpha value is -2.08. The number of carbonyl (C=O) groups excluding carboxylic acids is 1. The molecule has 1 aliphatic heterocycles. The van der Waals surface area contributed by atoms with Crippen LogP contribution < -0.4 is 15.4 Å². The smallest absolute Gasteiger partial charge is 0.256 e. The van der Waals surface area contributed by atoms with Crippen molar-refractivity contribution in [3.8, 4) is 5.75 Å². The third-order valence-electron chi connectivity index (χ3n) is 4.63. The normalized spacial score (nSPS) is 16.1. The van der Waals surface area contributed by atoms with E-state index in [1.165, 1.54) is 0 Å². The fraction of sp³-hybridized carbons (Fsp3) is 0.350. The van der Waals surface area contributed by atoms with Crippen LogP contribution in [-0.2, 0) is 16.1 Å². The molecule has 2 aromatic carbocycles. The first-order valence-electron chi connectivity index (χ1n) is 8.66. The summed E-state index contributed by atoms with van der Waals surface area (Å²) in [6, 6.07) is 14.9. The molecule has 1 fully saturated rings. The molecule has 0 bridgehead atoms. The Balaban J connectivity index is 1.63. The molecule has 5 nitrogen and oxygen atoms in total. The van der Waals surface area contributed by atoms with Crippen molar-refractivity contribution in [1.29, 1.82) is 0 Å². The van der Waals surface area contributed by atoms with E-state index in [4.69, 9.17) is 21.1 Å². The predicted molar refractivity (Wildman–Crippen MR) is 103 cm³/mol. The highest BCUT2D eigenvalue weighted by Gasteiger charge is 2.39. The Bertz CT molecular complexity index is 743. The van der Waals surface area contributed by atoms with Crippen molar-refractivity contribution in [3.63, 3.8) is 0 Å². The number of carbonyl (C=O) groups is 1. The van der Waals surface area contributed by atoms with Gasteiger partial charge in [0.05, 0.1) is 0 Å². The number of halogens is 1. The van der Waals surface area contributed by atoms with Crippen LogP contribution in [0.25, 0.3) is 0 Å². The van der Waals surface area contributed by atoms with Crippen LogP contribution in [0.15, 0.2) is 48.5 Å². The van der Waals surface area contributed by atoms with Gasteiger partial charge in [-0.25, -0.2) is 0 Å². The molecule has 1 aliphatic rings. The van der Waals surface area contributed by atoms with E-state index >= 15 is 0 Å². The number of hydrogen-bond donors (Lipinski definition) is 2. The van der Waals surface area contributed by atoms with E-state index in [1.807, 2.05) is 48.5 Å². The van der Waals surface area contributed by atoms with Gasteiger partial charge >= 0.3 is 0 Å². The molecule has 0 radical (unpaired) electrons. The van der Waals surface area contributed by atoms with E-state index in [0.29, 0.717) is 35.9 Å². The van der Waals surface area contributed by atoms with Crippen molar-refractivity contribution in [3.05, 3.63) is 59.1 Å². The van der Waals surface area contributed by atoms with E-state index < -0.39 is 5.60 Å². The first-order chi connectivity index (χ1) is 12.6. The van der Waals surface area contributed by atoms with Crippen molar-refractivity contribution < 1.29 is 14.3 Å². The minimum atomic E-state index is -0.772. The summed E-state index contributed by atoms with van der Waals surface area (Å²) in [4.78, 5) is 12.7. The monoisotopic (exact) mass is 374 g/mol. The minimum absolute atomic E-state index is 0.114. The van der Waals surface area contributed by atoms with E-state index in [1.54, 1.807) is 7.11 Å². The molecule has 0 atom stereocenters. The number of methoxy groups -OCH3 is 1. The number of ether oxygens (including phenoxy) is 2. The fourth-order valence-corrected chi connectivity index (χ4v) is 3.14. The van der Waals surface area contributed by atoms with Crippen molar-refractivity contribution >= 4 is 23.2 Å². The summed E-state index contributed by atoms with van der Waals surface area (Å²) >= 11 is 5.89. The van der Waals surface area contributed by atoms with Crippen molar-refractivity contribution in [2.45, 2.75) is 25.0 Å². The number of benzene rings is 2. The second-order valence-corrected chi connectivity index (χ2v) is 6.78. The minimum Gasteiger partial charge on any atom is -0.489 e. The molecule has 2 aromatic rings. The van der Waals surface area contributed by atoms with Gasteiger partial charge in [-0.1, -0.05) is 29.8 Å². The van der Waals surface area contributed by atoms with Gasteiger partial charge in [0.2, 0.25) is 0 Å². The zero-order chi connectivity index (χ0) is 18.4. The molecule has 2 N–H and O–H groups in total. The van der Waals surface area contributed by atoms with Gasteiger partial charge in [0.1, 0.15) is 18.0 Å². The lowest BCUT2D eigenvalue weighted by atomic mass is 9.91. The molecular weight excluding hydrogens is 352 g/mol. The lowest BCUT2D eigenvalue weighted by Gasteiger charge is -2.34. The Morgan fingerprint density at radius 1 is 1.19 bits per heavy atom. The molecule has 0 spiro atoms. The summed E-state index contributed by atoms with van der Waals surface area (Å²) in [7, 11) is 1.59. The van der Waals surface area contributed by atoms with Crippen LogP contribution in [0.2, 0.25) is 5.02 Å². The van der Waals surface area contributed by atoms with Crippen LogP contribution >= 0.6 is 11.6 Å². The third kappa shape index (κ3) is 4.55. The maximum Gasteiger partial charge on any atom is 0.256 e. The highest BCUT2D eigenvalue weighted by molar-refractivity contribution is 6.30. The summed E-state index contributed by atoms with van der Waals surface area (Å²) in [5, 5.41) is 6.91. The van der Waals surface area contributed by atoms with E-state index in [0.717, 1.165) is 18.7 Å². The summed E-state index contributed by atoms with van der Waals surface area (Å²) < 4.78 is 11.4. The molecule has 1 heterocycles. The maximum atomic E-state index is 12.7. The zero-order valence-electron chi connectivity index (χ0n) is 14.8. The molecule has 0 aliphatic carbocycles. The van der Waals surface area contributed by atoms with Crippen LogP contribution in [0, 0.1) is 0 Å². The van der Waals surface area contributed by atoms with Gasteiger partial charge in [0.25, 0.3) is 5.91 Å². The van der Waals surface area contributed by atoms with Crippen LogP contribution in [0.1, 0.15) is 18.4 Å². The molecule has 26 heavy (non-hydrogen) atoms. The zero-order valence-corrected chi connectivity index (χ0v) is 15.5. The quantitative estimate of drug-likeness (QED) is 0.810. The van der Waals surface area contributed by atoms with Gasteiger partial charge in [0.15, 0.2) is 0 Å². The molecule has 3 rings (SSSR count). The van der Waals surface area contributed by atoms with E-state index in [2.05, 4.69) is 10.6 Å². The maximum absolute atomic E-state index is 12.7. The number of amides is 1. The largest absolute Gasteiger partial charge is 0.489 e. The van der Waals surface area contributed by atoms with E-state index in [-0.39, 0.29) is 5.91 Å². The first-order valence-corrected chi connectivity index (χ1v) is 9.04. The Morgan fingerprint density at radius 3 is 2.62 bits per heavy atom. The van der Waals surface area contributed by atoms with Gasteiger partial charge in [0, 0.05) is 23.9 Å². The first kappa shape index (κ1) is 18.7. The summed E-state index contributed by atoms with van der Waals surface area (Å²) in [6.45, 7) is 1.97. The molecule has 0 aromatic heterocycles. The molecule has 1 saturated heterocycles. The van der Waals surface area contributed by atoms with Crippen molar-refractivity contribution in [2.24, 2.45) is 0 Å². The van der Waals surface area contributed by atoms with Crippen molar-refractivity contribution in [2.75, 3.05) is 25.5 Å². The number of nitrogens with one attached hydrogen (secondary N) is 2. The highest BCUT2D eigenvalue weighted by atomic mass is 35.5. The van der Waals surface area contributed by atoms with Gasteiger partial charge in [-0.2, -0.15) is 0 Å². The standard InChI is InChI=1S/C20H23ClN2O3/c1-25-20(9-11-22-12-10-20)19(24)23-17-3-2-4-18(13-17)26-14-15-5-7-16(21)8-6-15/h2-8,13,22H,9-12,14H2,1H3,(H,23,24). The molecule has 0 unspecified atom stereocenters. The number of piperidine rings is 1. The predicted octanol–water partition coefficient (Wildman–Crippen LogP) is 3.63. The van der Waals surface area contributed by atoms with Crippen LogP contribution in [0.3, 0.4) is 0 Å². The molecule has 6 heteroatoms. The fourth-order valence-electron chi connectivity index (χ4n) is 3.01. The summed E-state index contributed by atoms with van der Waals surface area (Å²) in [5.41, 5.74) is 0.946. The highest BCUT2D eigenvalue weighted by Crippen LogP contribution is 2.26. The lowest BCUT2D eigenvalue weighted by Crippen LogP contribution is -2.51. The second-order valence-electron chi connectivity index (χ2n) is 6.35. The second kappa shape index (κ2) is 8.54.